The third-order valence-corrected chi connectivity index (χ3v) is 5.51. The van der Waals surface area contributed by atoms with E-state index in [1.54, 1.807) is 36.3 Å². The van der Waals surface area contributed by atoms with Gasteiger partial charge in [-0.3, -0.25) is 9.79 Å². The fourth-order valence-corrected chi connectivity index (χ4v) is 3.88. The summed E-state index contributed by atoms with van der Waals surface area (Å²) in [6.07, 6.45) is 5.63. The van der Waals surface area contributed by atoms with Crippen LogP contribution in [0.2, 0.25) is 0 Å². The standard InChI is InChI=1S/C23H30FN5O2.HI/c1-25-22(28-16-23(11-4-5-12-23)21(30)29(2)3)27-15-17-9-10-20(26-14-17)31-19-8-6-7-18(24)13-19;/h6-10,13-14H,4-5,11-12,15-16H2,1-3H3,(H2,25,27,28);1H. The highest BCUT2D eigenvalue weighted by atomic mass is 127. The zero-order chi connectivity index (χ0) is 22.3. The number of nitrogens with zero attached hydrogens (tertiary/aromatic N) is 3. The molecule has 174 valence electrons. The molecule has 0 radical (unpaired) electrons. The van der Waals surface area contributed by atoms with E-state index in [1.165, 1.54) is 12.1 Å². The summed E-state index contributed by atoms with van der Waals surface area (Å²) in [4.78, 5) is 22.9. The highest BCUT2D eigenvalue weighted by Gasteiger charge is 2.42. The molecule has 32 heavy (non-hydrogen) atoms. The topological polar surface area (TPSA) is 78.9 Å². The van der Waals surface area contributed by atoms with Crippen LogP contribution in [0, 0.1) is 11.2 Å². The molecule has 2 N–H and O–H groups in total. The van der Waals surface area contributed by atoms with Gasteiger partial charge in [0.15, 0.2) is 5.96 Å². The summed E-state index contributed by atoms with van der Waals surface area (Å²) in [7, 11) is 5.33. The lowest BCUT2D eigenvalue weighted by molar-refractivity contribution is -0.138. The number of aliphatic imine (C=N–C) groups is 1. The second-order valence-corrected chi connectivity index (χ2v) is 8.03. The number of aromatic nitrogens is 1. The molecule has 0 bridgehead atoms. The van der Waals surface area contributed by atoms with Gasteiger partial charge in [-0.25, -0.2) is 9.37 Å². The Labute approximate surface area is 205 Å². The Morgan fingerprint density at radius 2 is 1.97 bits per heavy atom. The maximum atomic E-state index is 13.3. The van der Waals surface area contributed by atoms with Gasteiger partial charge in [0.1, 0.15) is 11.6 Å². The van der Waals surface area contributed by atoms with Gasteiger partial charge in [-0.15, -0.1) is 24.0 Å². The van der Waals surface area contributed by atoms with Crippen LogP contribution in [0.1, 0.15) is 31.2 Å². The smallest absolute Gasteiger partial charge is 0.230 e. The predicted molar refractivity (Wildman–Crippen MR) is 134 cm³/mol. The van der Waals surface area contributed by atoms with Gasteiger partial charge >= 0.3 is 0 Å². The number of guanidine groups is 1. The molecule has 0 atom stereocenters. The van der Waals surface area contributed by atoms with Crippen molar-refractivity contribution in [3.63, 3.8) is 0 Å². The number of carbonyl (C=O) groups is 1. The first-order valence-electron chi connectivity index (χ1n) is 10.5. The van der Waals surface area contributed by atoms with Crippen molar-refractivity contribution >= 4 is 35.8 Å². The summed E-state index contributed by atoms with van der Waals surface area (Å²) in [5.41, 5.74) is 0.577. The third kappa shape index (κ3) is 6.78. The normalized spacial score (nSPS) is 14.9. The van der Waals surface area contributed by atoms with Gasteiger partial charge in [-0.05, 0) is 30.5 Å². The van der Waals surface area contributed by atoms with E-state index in [4.69, 9.17) is 4.74 Å². The van der Waals surface area contributed by atoms with Crippen molar-refractivity contribution in [2.75, 3.05) is 27.7 Å². The van der Waals surface area contributed by atoms with Gasteiger partial charge in [-0.1, -0.05) is 25.0 Å². The molecule has 0 aliphatic heterocycles. The van der Waals surface area contributed by atoms with Crippen LogP contribution in [0.25, 0.3) is 0 Å². The van der Waals surface area contributed by atoms with E-state index in [-0.39, 0.29) is 41.1 Å². The number of pyridine rings is 1. The van der Waals surface area contributed by atoms with Crippen LogP contribution in [0.15, 0.2) is 47.6 Å². The molecule has 1 aliphatic rings. The van der Waals surface area contributed by atoms with Crippen LogP contribution in [0.3, 0.4) is 0 Å². The Bertz CT molecular complexity index is 915. The first-order chi connectivity index (χ1) is 14.9. The lowest BCUT2D eigenvalue weighted by atomic mass is 9.84. The van der Waals surface area contributed by atoms with Crippen LogP contribution in [0.5, 0.6) is 11.6 Å². The SMILES string of the molecule is CN=C(NCc1ccc(Oc2cccc(F)c2)nc1)NCC1(C(=O)N(C)C)CCCC1.I. The summed E-state index contributed by atoms with van der Waals surface area (Å²) in [5.74, 6) is 1.24. The maximum absolute atomic E-state index is 13.3. The average Bonchev–Trinajstić information content (AvgIpc) is 3.24. The van der Waals surface area contributed by atoms with Crippen LogP contribution in [-0.4, -0.2) is 49.4 Å². The number of amides is 1. The Balaban J connectivity index is 0.00000363. The number of benzene rings is 1. The summed E-state index contributed by atoms with van der Waals surface area (Å²) in [6, 6.07) is 9.56. The molecule has 1 saturated carbocycles. The highest BCUT2D eigenvalue weighted by molar-refractivity contribution is 14.0. The minimum atomic E-state index is -0.363. The molecule has 0 saturated heterocycles. The fraction of sp³-hybridized carbons (Fsp3) is 0.435. The van der Waals surface area contributed by atoms with Crippen molar-refractivity contribution in [2.45, 2.75) is 32.2 Å². The van der Waals surface area contributed by atoms with Crippen LogP contribution >= 0.6 is 24.0 Å². The van der Waals surface area contributed by atoms with Gasteiger partial charge in [-0.2, -0.15) is 0 Å². The average molecular weight is 555 g/mol. The lowest BCUT2D eigenvalue weighted by Gasteiger charge is -2.31. The summed E-state index contributed by atoms with van der Waals surface area (Å²) < 4.78 is 18.8. The number of hydrogen-bond acceptors (Lipinski definition) is 4. The van der Waals surface area contributed by atoms with E-state index < -0.39 is 0 Å². The van der Waals surface area contributed by atoms with Gasteiger partial charge in [0, 0.05) is 52.6 Å². The molecular weight excluding hydrogens is 524 g/mol. The van der Waals surface area contributed by atoms with Crippen molar-refractivity contribution in [1.29, 1.82) is 0 Å². The summed E-state index contributed by atoms with van der Waals surface area (Å²) >= 11 is 0. The summed E-state index contributed by atoms with van der Waals surface area (Å²) in [5, 5.41) is 6.57. The number of carbonyl (C=O) groups excluding carboxylic acids is 1. The van der Waals surface area contributed by atoms with Crippen molar-refractivity contribution in [2.24, 2.45) is 10.4 Å². The minimum Gasteiger partial charge on any atom is -0.439 e. The zero-order valence-electron chi connectivity index (χ0n) is 18.7. The van der Waals surface area contributed by atoms with E-state index in [0.29, 0.717) is 30.7 Å². The molecule has 1 aliphatic carbocycles. The Kier molecular flexibility index (Phi) is 9.67. The van der Waals surface area contributed by atoms with E-state index in [0.717, 1.165) is 31.2 Å². The molecule has 7 nitrogen and oxygen atoms in total. The highest BCUT2D eigenvalue weighted by Crippen LogP contribution is 2.38. The van der Waals surface area contributed by atoms with Gasteiger partial charge in [0.2, 0.25) is 11.8 Å². The maximum Gasteiger partial charge on any atom is 0.230 e. The molecule has 1 aromatic heterocycles. The van der Waals surface area contributed by atoms with Crippen LogP contribution in [0.4, 0.5) is 4.39 Å². The second-order valence-electron chi connectivity index (χ2n) is 8.03. The number of halogens is 2. The lowest BCUT2D eigenvalue weighted by Crippen LogP contribution is -2.49. The Morgan fingerprint density at radius 1 is 1.22 bits per heavy atom. The van der Waals surface area contributed by atoms with Crippen molar-refractivity contribution < 1.29 is 13.9 Å². The van der Waals surface area contributed by atoms with Gasteiger partial charge in [0.05, 0.1) is 5.41 Å². The first-order valence-corrected chi connectivity index (χ1v) is 10.5. The monoisotopic (exact) mass is 555 g/mol. The molecule has 1 aromatic carbocycles. The zero-order valence-corrected chi connectivity index (χ0v) is 21.1. The molecular formula is C23H31FIN5O2. The minimum absolute atomic E-state index is 0. The molecule has 0 spiro atoms. The number of nitrogens with one attached hydrogen (secondary N) is 2. The van der Waals surface area contributed by atoms with E-state index in [1.807, 2.05) is 20.2 Å². The molecule has 1 fully saturated rings. The van der Waals surface area contributed by atoms with Crippen LogP contribution in [-0.2, 0) is 11.3 Å². The molecule has 2 aromatic rings. The van der Waals surface area contributed by atoms with Gasteiger partial charge in [0.25, 0.3) is 0 Å². The van der Waals surface area contributed by atoms with Crippen molar-refractivity contribution in [1.82, 2.24) is 20.5 Å². The van der Waals surface area contributed by atoms with E-state index >= 15 is 0 Å². The Morgan fingerprint density at radius 3 is 2.56 bits per heavy atom. The Hall–Kier alpha value is -2.43. The number of rotatable bonds is 7. The van der Waals surface area contributed by atoms with Crippen molar-refractivity contribution in [3.8, 4) is 11.6 Å². The first kappa shape index (κ1) is 25.8. The molecule has 1 heterocycles. The number of hydrogen-bond donors (Lipinski definition) is 2. The quantitative estimate of drug-likeness (QED) is 0.308. The molecule has 3 rings (SSSR count). The largest absolute Gasteiger partial charge is 0.439 e. The second kappa shape index (κ2) is 12.0. The van der Waals surface area contributed by atoms with Gasteiger partial charge < -0.3 is 20.3 Å². The van der Waals surface area contributed by atoms with E-state index in [9.17, 15) is 9.18 Å². The fourth-order valence-electron chi connectivity index (χ4n) is 3.88. The van der Waals surface area contributed by atoms with E-state index in [2.05, 4.69) is 20.6 Å². The summed E-state index contributed by atoms with van der Waals surface area (Å²) in [6.45, 7) is 1.07. The third-order valence-electron chi connectivity index (χ3n) is 5.51. The molecule has 9 heteroatoms. The van der Waals surface area contributed by atoms with Crippen molar-refractivity contribution in [3.05, 3.63) is 54.0 Å². The molecule has 1 amide bonds. The number of ether oxygens (including phenoxy) is 1. The predicted octanol–water partition coefficient (Wildman–Crippen LogP) is 3.94. The van der Waals surface area contributed by atoms with Crippen LogP contribution < -0.4 is 15.4 Å². The molecule has 0 unspecified atom stereocenters.